The third-order valence-corrected chi connectivity index (χ3v) is 2.70. The van der Waals surface area contributed by atoms with Gasteiger partial charge in [-0.25, -0.2) is 9.97 Å². The lowest BCUT2D eigenvalue weighted by atomic mass is 10.4. The number of nitrogens with zero attached hydrogens (tertiary/aromatic N) is 4. The standard InChI is InChI=1S/C12H16N6O4/c1-8-6-9(17-22-8)16-12-10(18(19)20)11(14-7-15-12)13-4-3-5-21-2/h6-7H,3-5H2,1-2H3,(H2,13,14,15,16,17). The highest BCUT2D eigenvalue weighted by molar-refractivity contribution is 5.72. The van der Waals surface area contributed by atoms with Gasteiger partial charge in [-0.3, -0.25) is 10.1 Å². The molecule has 0 aromatic carbocycles. The van der Waals surface area contributed by atoms with Gasteiger partial charge in [0, 0.05) is 26.3 Å². The van der Waals surface area contributed by atoms with Crippen molar-refractivity contribution in [3.05, 3.63) is 28.3 Å². The summed E-state index contributed by atoms with van der Waals surface area (Å²) < 4.78 is 9.83. The summed E-state index contributed by atoms with van der Waals surface area (Å²) in [6.45, 7) is 2.76. The number of anilines is 3. The van der Waals surface area contributed by atoms with Gasteiger partial charge in [-0.1, -0.05) is 5.16 Å². The number of ether oxygens (including phenoxy) is 1. The van der Waals surface area contributed by atoms with Crippen molar-refractivity contribution in [2.45, 2.75) is 13.3 Å². The number of hydrogen-bond acceptors (Lipinski definition) is 9. The molecule has 10 nitrogen and oxygen atoms in total. The molecular weight excluding hydrogens is 292 g/mol. The first kappa shape index (κ1) is 15.6. The average molecular weight is 308 g/mol. The largest absolute Gasteiger partial charge is 0.385 e. The highest BCUT2D eigenvalue weighted by Crippen LogP contribution is 2.30. The zero-order valence-corrected chi connectivity index (χ0v) is 12.2. The van der Waals surface area contributed by atoms with Gasteiger partial charge in [0.05, 0.1) is 4.92 Å². The predicted molar refractivity (Wildman–Crippen MR) is 78.2 cm³/mol. The normalized spacial score (nSPS) is 10.5. The van der Waals surface area contributed by atoms with E-state index in [2.05, 4.69) is 25.8 Å². The molecule has 2 heterocycles. The van der Waals surface area contributed by atoms with Gasteiger partial charge < -0.3 is 19.9 Å². The van der Waals surface area contributed by atoms with Crippen LogP contribution < -0.4 is 10.6 Å². The molecule has 22 heavy (non-hydrogen) atoms. The Kier molecular flexibility index (Phi) is 5.20. The van der Waals surface area contributed by atoms with Crippen LogP contribution in [0.3, 0.4) is 0 Å². The van der Waals surface area contributed by atoms with Crippen molar-refractivity contribution in [3.8, 4) is 0 Å². The van der Waals surface area contributed by atoms with Gasteiger partial charge in [0.1, 0.15) is 12.1 Å². The first-order valence-corrected chi connectivity index (χ1v) is 6.54. The summed E-state index contributed by atoms with van der Waals surface area (Å²) in [5, 5.41) is 20.7. The Balaban J connectivity index is 2.20. The van der Waals surface area contributed by atoms with E-state index in [1.807, 2.05) is 0 Å². The maximum atomic E-state index is 11.3. The molecule has 0 radical (unpaired) electrons. The van der Waals surface area contributed by atoms with Crippen molar-refractivity contribution in [3.63, 3.8) is 0 Å². The van der Waals surface area contributed by atoms with Crippen molar-refractivity contribution in [1.29, 1.82) is 0 Å². The van der Waals surface area contributed by atoms with Gasteiger partial charge >= 0.3 is 5.69 Å². The summed E-state index contributed by atoms with van der Waals surface area (Å²) in [7, 11) is 1.59. The van der Waals surface area contributed by atoms with E-state index in [1.54, 1.807) is 20.1 Å². The topological polar surface area (TPSA) is 128 Å². The van der Waals surface area contributed by atoms with Crippen molar-refractivity contribution in [2.75, 3.05) is 30.9 Å². The molecule has 0 amide bonds. The monoisotopic (exact) mass is 308 g/mol. The van der Waals surface area contributed by atoms with Crippen LogP contribution in [0.2, 0.25) is 0 Å². The summed E-state index contributed by atoms with van der Waals surface area (Å²) in [4.78, 5) is 18.6. The highest BCUT2D eigenvalue weighted by atomic mass is 16.6. The van der Waals surface area contributed by atoms with Gasteiger partial charge in [0.2, 0.25) is 11.6 Å². The van der Waals surface area contributed by atoms with Crippen molar-refractivity contribution < 1.29 is 14.2 Å². The van der Waals surface area contributed by atoms with E-state index in [0.29, 0.717) is 31.2 Å². The minimum Gasteiger partial charge on any atom is -0.385 e. The van der Waals surface area contributed by atoms with Crippen molar-refractivity contribution in [2.24, 2.45) is 0 Å². The molecule has 2 aromatic rings. The number of aryl methyl sites for hydroxylation is 1. The molecular formula is C12H16N6O4. The maximum absolute atomic E-state index is 11.3. The Labute approximate surface area is 126 Å². The zero-order chi connectivity index (χ0) is 15.9. The lowest BCUT2D eigenvalue weighted by Crippen LogP contribution is -2.10. The Hall–Kier alpha value is -2.75. The van der Waals surface area contributed by atoms with Gasteiger partial charge in [0.25, 0.3) is 0 Å². The molecule has 0 atom stereocenters. The highest BCUT2D eigenvalue weighted by Gasteiger charge is 2.23. The summed E-state index contributed by atoms with van der Waals surface area (Å²) in [6, 6.07) is 1.61. The third-order valence-electron chi connectivity index (χ3n) is 2.70. The van der Waals surface area contributed by atoms with E-state index in [0.717, 1.165) is 0 Å². The Morgan fingerprint density at radius 3 is 2.82 bits per heavy atom. The Bertz CT molecular complexity index is 644. The van der Waals surface area contributed by atoms with Crippen LogP contribution in [-0.4, -0.2) is 40.3 Å². The van der Waals surface area contributed by atoms with Gasteiger partial charge in [-0.15, -0.1) is 0 Å². The summed E-state index contributed by atoms with van der Waals surface area (Å²) in [5.41, 5.74) is -0.249. The number of rotatable bonds is 8. The van der Waals surface area contributed by atoms with Crippen LogP contribution in [0.5, 0.6) is 0 Å². The van der Waals surface area contributed by atoms with Crippen LogP contribution in [0.15, 0.2) is 16.9 Å². The third kappa shape index (κ3) is 3.88. The summed E-state index contributed by atoms with van der Waals surface area (Å²) in [5.74, 6) is 1.10. The summed E-state index contributed by atoms with van der Waals surface area (Å²) in [6.07, 6.45) is 1.93. The first-order chi connectivity index (χ1) is 10.6. The molecule has 0 aliphatic heterocycles. The molecule has 2 rings (SSSR count). The maximum Gasteiger partial charge on any atom is 0.353 e. The molecule has 2 N–H and O–H groups in total. The fourth-order valence-electron chi connectivity index (χ4n) is 1.74. The number of methoxy groups -OCH3 is 1. The molecule has 10 heteroatoms. The van der Waals surface area contributed by atoms with E-state index >= 15 is 0 Å². The van der Waals surface area contributed by atoms with Crippen molar-refractivity contribution >= 4 is 23.1 Å². The van der Waals surface area contributed by atoms with Crippen LogP contribution >= 0.6 is 0 Å². The fraction of sp³-hybridized carbons (Fsp3) is 0.417. The lowest BCUT2D eigenvalue weighted by molar-refractivity contribution is -0.383. The molecule has 0 aliphatic rings. The summed E-state index contributed by atoms with van der Waals surface area (Å²) >= 11 is 0. The van der Waals surface area contributed by atoms with E-state index in [-0.39, 0.29) is 17.3 Å². The minimum absolute atomic E-state index is 0.0440. The van der Waals surface area contributed by atoms with Gasteiger partial charge in [0.15, 0.2) is 5.82 Å². The molecule has 0 saturated carbocycles. The van der Waals surface area contributed by atoms with Crippen LogP contribution in [-0.2, 0) is 4.74 Å². The Morgan fingerprint density at radius 2 is 2.18 bits per heavy atom. The Morgan fingerprint density at radius 1 is 1.41 bits per heavy atom. The molecule has 0 bridgehead atoms. The molecule has 118 valence electrons. The second-order valence-corrected chi connectivity index (χ2v) is 4.40. The van der Waals surface area contributed by atoms with Crippen LogP contribution in [0, 0.1) is 17.0 Å². The minimum atomic E-state index is -0.548. The number of aromatic nitrogens is 3. The second-order valence-electron chi connectivity index (χ2n) is 4.40. The first-order valence-electron chi connectivity index (χ1n) is 6.54. The number of hydrogen-bond donors (Lipinski definition) is 2. The van der Waals surface area contributed by atoms with Crippen LogP contribution in [0.4, 0.5) is 23.1 Å². The van der Waals surface area contributed by atoms with E-state index in [4.69, 9.17) is 9.26 Å². The lowest BCUT2D eigenvalue weighted by Gasteiger charge is -2.08. The fourth-order valence-corrected chi connectivity index (χ4v) is 1.74. The number of nitro groups is 1. The quantitative estimate of drug-likeness (QED) is 0.426. The van der Waals surface area contributed by atoms with Crippen LogP contribution in [0.1, 0.15) is 12.2 Å². The molecule has 0 saturated heterocycles. The van der Waals surface area contributed by atoms with Gasteiger partial charge in [-0.05, 0) is 13.3 Å². The van der Waals surface area contributed by atoms with Crippen molar-refractivity contribution in [1.82, 2.24) is 15.1 Å². The SMILES string of the molecule is COCCCNc1ncnc(Nc2cc(C)on2)c1[N+](=O)[O-]. The van der Waals surface area contributed by atoms with Gasteiger partial charge in [-0.2, -0.15) is 0 Å². The second kappa shape index (κ2) is 7.31. The zero-order valence-electron chi connectivity index (χ0n) is 12.2. The molecule has 0 fully saturated rings. The van der Waals surface area contributed by atoms with E-state index < -0.39 is 4.92 Å². The molecule has 0 unspecified atom stereocenters. The molecule has 0 spiro atoms. The molecule has 2 aromatic heterocycles. The predicted octanol–water partition coefficient (Wildman–Crippen LogP) is 1.87. The molecule has 0 aliphatic carbocycles. The van der Waals surface area contributed by atoms with Crippen LogP contribution in [0.25, 0.3) is 0 Å². The number of nitrogens with one attached hydrogen (secondary N) is 2. The van der Waals surface area contributed by atoms with E-state index in [9.17, 15) is 10.1 Å². The average Bonchev–Trinajstić information content (AvgIpc) is 2.88. The van der Waals surface area contributed by atoms with E-state index in [1.165, 1.54) is 6.33 Å². The smallest absolute Gasteiger partial charge is 0.353 e.